The monoisotopic (exact) mass is 365 g/mol. The molecule has 25 heavy (non-hydrogen) atoms. The van der Waals surface area contributed by atoms with Crippen molar-refractivity contribution in [3.63, 3.8) is 0 Å². The van der Waals surface area contributed by atoms with Crippen LogP contribution in [0.3, 0.4) is 0 Å². The van der Waals surface area contributed by atoms with Crippen molar-refractivity contribution in [1.82, 2.24) is 19.7 Å². The van der Waals surface area contributed by atoms with Gasteiger partial charge in [-0.25, -0.2) is 4.98 Å². The smallest absolute Gasteiger partial charge is 0.182 e. The van der Waals surface area contributed by atoms with Crippen molar-refractivity contribution in [2.45, 2.75) is 46.2 Å². The van der Waals surface area contributed by atoms with Gasteiger partial charge in [-0.05, 0) is 31.8 Å². The van der Waals surface area contributed by atoms with Crippen LogP contribution in [0.25, 0.3) is 0 Å². The van der Waals surface area contributed by atoms with Crippen molar-refractivity contribution in [2.75, 3.05) is 57.7 Å². The van der Waals surface area contributed by atoms with Crippen LogP contribution in [0.1, 0.15) is 39.3 Å². The molecule has 2 fully saturated rings. The number of rotatable bonds is 8. The molecule has 1 atom stereocenters. The minimum Gasteiger partial charge on any atom is -0.360 e. The lowest BCUT2D eigenvalue weighted by Gasteiger charge is -2.35. The van der Waals surface area contributed by atoms with Crippen LogP contribution >= 0.6 is 11.3 Å². The van der Waals surface area contributed by atoms with Gasteiger partial charge in [0.15, 0.2) is 5.13 Å². The molecule has 142 valence electrons. The number of thiazole rings is 1. The van der Waals surface area contributed by atoms with Crippen molar-refractivity contribution < 1.29 is 0 Å². The number of hydrogen-bond acceptors (Lipinski definition) is 6. The topological polar surface area (TPSA) is 34.6 Å². The summed E-state index contributed by atoms with van der Waals surface area (Å²) < 4.78 is 0. The Morgan fingerprint density at radius 2 is 1.96 bits per heavy atom. The molecule has 2 saturated heterocycles. The van der Waals surface area contributed by atoms with Crippen LogP contribution < -0.4 is 5.32 Å². The van der Waals surface area contributed by atoms with E-state index in [1.165, 1.54) is 57.8 Å². The summed E-state index contributed by atoms with van der Waals surface area (Å²) in [4.78, 5) is 12.5. The maximum atomic E-state index is 4.82. The second kappa shape index (κ2) is 9.31. The van der Waals surface area contributed by atoms with Crippen LogP contribution in [-0.2, 0) is 6.54 Å². The first kappa shape index (κ1) is 19.1. The molecular weight excluding hydrogens is 330 g/mol. The third kappa shape index (κ3) is 5.64. The highest BCUT2D eigenvalue weighted by molar-refractivity contribution is 7.13. The van der Waals surface area contributed by atoms with Gasteiger partial charge in [-0.2, -0.15) is 0 Å². The summed E-state index contributed by atoms with van der Waals surface area (Å²) in [5, 5.41) is 6.90. The van der Waals surface area contributed by atoms with Gasteiger partial charge in [0.05, 0.1) is 5.69 Å². The standard InChI is InChI=1S/C19H35N5S/c1-4-24-7-5-6-18(24)12-20-19-21-17(15-25-19)14-23-10-8-22(9-11-23)13-16(2)3/h15-16,18H,4-14H2,1-3H3,(H,20,21). The van der Waals surface area contributed by atoms with E-state index in [0.29, 0.717) is 6.04 Å². The summed E-state index contributed by atoms with van der Waals surface area (Å²) in [7, 11) is 0. The average Bonchev–Trinajstić information content (AvgIpc) is 3.23. The predicted octanol–water partition coefficient (Wildman–Crippen LogP) is 2.81. The molecule has 3 rings (SSSR count). The van der Waals surface area contributed by atoms with Crippen molar-refractivity contribution in [3.8, 4) is 0 Å². The quantitative estimate of drug-likeness (QED) is 0.766. The fourth-order valence-electron chi connectivity index (χ4n) is 4.08. The summed E-state index contributed by atoms with van der Waals surface area (Å²) in [6, 6.07) is 0.686. The third-order valence-electron chi connectivity index (χ3n) is 5.42. The van der Waals surface area contributed by atoms with Gasteiger partial charge in [-0.15, -0.1) is 11.3 Å². The van der Waals surface area contributed by atoms with Crippen LogP contribution in [0.2, 0.25) is 0 Å². The van der Waals surface area contributed by atoms with Crippen LogP contribution in [0.15, 0.2) is 5.38 Å². The number of anilines is 1. The zero-order valence-corrected chi connectivity index (χ0v) is 17.0. The van der Waals surface area contributed by atoms with Crippen LogP contribution in [-0.4, -0.2) is 78.1 Å². The van der Waals surface area contributed by atoms with Crippen molar-refractivity contribution in [1.29, 1.82) is 0 Å². The van der Waals surface area contributed by atoms with Gasteiger partial charge in [-0.3, -0.25) is 9.80 Å². The number of piperazine rings is 1. The van der Waals surface area contributed by atoms with E-state index in [4.69, 9.17) is 4.98 Å². The maximum absolute atomic E-state index is 4.82. The predicted molar refractivity (Wildman–Crippen MR) is 107 cm³/mol. The molecule has 2 aliphatic heterocycles. The second-order valence-electron chi connectivity index (χ2n) is 7.92. The molecule has 3 heterocycles. The fourth-order valence-corrected chi connectivity index (χ4v) is 4.80. The van der Waals surface area contributed by atoms with E-state index >= 15 is 0 Å². The molecule has 0 aromatic carbocycles. The largest absolute Gasteiger partial charge is 0.360 e. The summed E-state index contributed by atoms with van der Waals surface area (Å²) in [6.07, 6.45) is 2.66. The molecule has 6 heteroatoms. The Balaban J connectivity index is 1.40. The number of hydrogen-bond donors (Lipinski definition) is 1. The third-order valence-corrected chi connectivity index (χ3v) is 6.27. The molecule has 0 spiro atoms. The first-order valence-electron chi connectivity index (χ1n) is 10.0. The van der Waals surface area contributed by atoms with Gasteiger partial charge in [-0.1, -0.05) is 20.8 Å². The lowest BCUT2D eigenvalue weighted by Crippen LogP contribution is -2.46. The van der Waals surface area contributed by atoms with E-state index < -0.39 is 0 Å². The highest BCUT2D eigenvalue weighted by Crippen LogP contribution is 2.21. The molecule has 0 aliphatic carbocycles. The van der Waals surface area contributed by atoms with Crippen LogP contribution in [0.5, 0.6) is 0 Å². The van der Waals surface area contributed by atoms with E-state index in [0.717, 1.165) is 30.7 Å². The van der Waals surface area contributed by atoms with E-state index in [1.807, 2.05) is 0 Å². The van der Waals surface area contributed by atoms with Gasteiger partial charge in [0.25, 0.3) is 0 Å². The van der Waals surface area contributed by atoms with E-state index in [2.05, 4.69) is 46.2 Å². The molecule has 1 aromatic heterocycles. The van der Waals surface area contributed by atoms with Crippen molar-refractivity contribution >= 4 is 16.5 Å². The minimum atomic E-state index is 0.686. The number of aromatic nitrogens is 1. The zero-order valence-electron chi connectivity index (χ0n) is 16.2. The number of likely N-dealkylation sites (tertiary alicyclic amines) is 1. The van der Waals surface area contributed by atoms with Gasteiger partial charge in [0.1, 0.15) is 0 Å². The summed E-state index contributed by atoms with van der Waals surface area (Å²) in [6.45, 7) is 17.3. The number of nitrogens with zero attached hydrogens (tertiary/aromatic N) is 4. The highest BCUT2D eigenvalue weighted by atomic mass is 32.1. The van der Waals surface area contributed by atoms with E-state index in [1.54, 1.807) is 11.3 Å². The Morgan fingerprint density at radius 1 is 1.20 bits per heavy atom. The van der Waals surface area contributed by atoms with Gasteiger partial charge in [0, 0.05) is 57.2 Å². The van der Waals surface area contributed by atoms with Gasteiger partial charge >= 0.3 is 0 Å². The lowest BCUT2D eigenvalue weighted by atomic mass is 10.2. The first-order valence-corrected chi connectivity index (χ1v) is 10.9. The Hall–Kier alpha value is -0.690. The maximum Gasteiger partial charge on any atom is 0.182 e. The van der Waals surface area contributed by atoms with E-state index in [-0.39, 0.29) is 0 Å². The minimum absolute atomic E-state index is 0.686. The van der Waals surface area contributed by atoms with Crippen LogP contribution in [0, 0.1) is 5.92 Å². The molecule has 1 aromatic rings. The molecule has 0 radical (unpaired) electrons. The van der Waals surface area contributed by atoms with Gasteiger partial charge in [0.2, 0.25) is 0 Å². The van der Waals surface area contributed by atoms with E-state index in [9.17, 15) is 0 Å². The molecule has 0 amide bonds. The Kier molecular flexibility index (Phi) is 7.10. The average molecular weight is 366 g/mol. The first-order chi connectivity index (χ1) is 12.1. The fraction of sp³-hybridized carbons (Fsp3) is 0.842. The molecule has 0 bridgehead atoms. The highest BCUT2D eigenvalue weighted by Gasteiger charge is 2.23. The van der Waals surface area contributed by atoms with Gasteiger partial charge < -0.3 is 10.2 Å². The second-order valence-corrected chi connectivity index (χ2v) is 8.78. The Morgan fingerprint density at radius 3 is 2.68 bits per heavy atom. The zero-order chi connectivity index (χ0) is 17.6. The van der Waals surface area contributed by atoms with Crippen molar-refractivity contribution in [3.05, 3.63) is 11.1 Å². The molecular formula is C19H35N5S. The normalized spacial score (nSPS) is 23.6. The lowest BCUT2D eigenvalue weighted by molar-refractivity contribution is 0.116. The molecule has 1 unspecified atom stereocenters. The summed E-state index contributed by atoms with van der Waals surface area (Å²) >= 11 is 1.76. The SMILES string of the molecule is CCN1CCCC1CNc1nc(CN2CCN(CC(C)C)CC2)cs1. The van der Waals surface area contributed by atoms with Crippen molar-refractivity contribution in [2.24, 2.45) is 5.92 Å². The van der Waals surface area contributed by atoms with Crippen LogP contribution in [0.4, 0.5) is 5.13 Å². The molecule has 0 saturated carbocycles. The molecule has 2 aliphatic rings. The number of likely N-dealkylation sites (N-methyl/N-ethyl adjacent to an activating group) is 1. The Bertz CT molecular complexity index is 510. The summed E-state index contributed by atoms with van der Waals surface area (Å²) in [5.74, 6) is 0.766. The Labute approximate surface area is 157 Å². The number of nitrogens with one attached hydrogen (secondary N) is 1. The summed E-state index contributed by atoms with van der Waals surface area (Å²) in [5.41, 5.74) is 1.23. The molecule has 1 N–H and O–H groups in total. The molecule has 5 nitrogen and oxygen atoms in total.